The van der Waals surface area contributed by atoms with Gasteiger partial charge in [-0.25, -0.2) is 0 Å². The molecule has 1 nitrogen and oxygen atoms in total. The molecule has 0 saturated carbocycles. The van der Waals surface area contributed by atoms with Crippen LogP contribution >= 0.6 is 0 Å². The second kappa shape index (κ2) is 4.61. The summed E-state index contributed by atoms with van der Waals surface area (Å²) in [5.41, 5.74) is 1.43. The molecule has 0 unspecified atom stereocenters. The lowest BCUT2D eigenvalue weighted by Crippen LogP contribution is -2.13. The molecule has 0 N–H and O–H groups in total. The molecular weight excluding hydrogens is 172 g/mol. The summed E-state index contributed by atoms with van der Waals surface area (Å²) in [5, 5.41) is 0. The molecule has 0 radical (unpaired) electrons. The van der Waals surface area contributed by atoms with Crippen molar-refractivity contribution in [3.63, 3.8) is 0 Å². The van der Waals surface area contributed by atoms with Crippen LogP contribution < -0.4 is 0 Å². The summed E-state index contributed by atoms with van der Waals surface area (Å²) in [6.07, 6.45) is 4.05. The quantitative estimate of drug-likeness (QED) is 0.712. The molecule has 1 heterocycles. The Hall–Kier alpha value is -0.820. The van der Waals surface area contributed by atoms with E-state index in [1.165, 1.54) is 18.4 Å². The molecular formula is C13H18O. The van der Waals surface area contributed by atoms with E-state index in [0.29, 0.717) is 6.10 Å². The zero-order valence-corrected chi connectivity index (χ0v) is 8.78. The van der Waals surface area contributed by atoms with Crippen molar-refractivity contribution in [2.45, 2.75) is 32.3 Å². The van der Waals surface area contributed by atoms with Crippen molar-refractivity contribution in [1.82, 2.24) is 0 Å². The molecule has 14 heavy (non-hydrogen) atoms. The van der Waals surface area contributed by atoms with Crippen LogP contribution in [0.1, 0.15) is 25.3 Å². The summed E-state index contributed by atoms with van der Waals surface area (Å²) in [5.74, 6) is 0.749. The van der Waals surface area contributed by atoms with Crippen LogP contribution in [-0.4, -0.2) is 12.7 Å². The van der Waals surface area contributed by atoms with Crippen molar-refractivity contribution < 1.29 is 4.74 Å². The van der Waals surface area contributed by atoms with Gasteiger partial charge >= 0.3 is 0 Å². The number of rotatable bonds is 3. The van der Waals surface area contributed by atoms with Crippen LogP contribution in [-0.2, 0) is 11.2 Å². The molecule has 1 heteroatoms. The highest BCUT2D eigenvalue weighted by Gasteiger charge is 2.23. The largest absolute Gasteiger partial charge is 0.378 e. The first kappa shape index (κ1) is 9.72. The smallest absolute Gasteiger partial charge is 0.0604 e. The van der Waals surface area contributed by atoms with Crippen LogP contribution in [0.2, 0.25) is 0 Å². The summed E-state index contributed by atoms with van der Waals surface area (Å²) in [4.78, 5) is 0. The summed E-state index contributed by atoms with van der Waals surface area (Å²) in [6.45, 7) is 3.25. The maximum atomic E-state index is 5.69. The second-order valence-electron chi connectivity index (χ2n) is 4.20. The molecule has 1 aromatic carbocycles. The lowest BCUT2D eigenvalue weighted by molar-refractivity contribution is 0.0873. The topological polar surface area (TPSA) is 9.23 Å². The Morgan fingerprint density at radius 1 is 1.29 bits per heavy atom. The third-order valence-electron chi connectivity index (χ3n) is 3.10. The van der Waals surface area contributed by atoms with Gasteiger partial charge in [-0.05, 0) is 30.7 Å². The highest BCUT2D eigenvalue weighted by Crippen LogP contribution is 2.23. The van der Waals surface area contributed by atoms with Gasteiger partial charge in [-0.15, -0.1) is 0 Å². The molecule has 0 aromatic heterocycles. The number of ether oxygens (including phenoxy) is 1. The minimum absolute atomic E-state index is 0.496. The van der Waals surface area contributed by atoms with Gasteiger partial charge in [0.2, 0.25) is 0 Å². The Morgan fingerprint density at radius 3 is 2.71 bits per heavy atom. The lowest BCUT2D eigenvalue weighted by atomic mass is 9.98. The van der Waals surface area contributed by atoms with E-state index in [2.05, 4.69) is 37.3 Å². The van der Waals surface area contributed by atoms with E-state index in [9.17, 15) is 0 Å². The van der Waals surface area contributed by atoms with E-state index >= 15 is 0 Å². The molecule has 0 amide bonds. The Labute approximate surface area is 86.1 Å². The molecule has 1 saturated heterocycles. The maximum absolute atomic E-state index is 5.69. The van der Waals surface area contributed by atoms with Crippen molar-refractivity contribution >= 4 is 0 Å². The van der Waals surface area contributed by atoms with Crippen LogP contribution in [0.25, 0.3) is 0 Å². The predicted molar refractivity (Wildman–Crippen MR) is 58.3 cm³/mol. The molecule has 0 spiro atoms. The highest BCUT2D eigenvalue weighted by molar-refractivity contribution is 5.14. The average Bonchev–Trinajstić information content (AvgIpc) is 2.63. The predicted octanol–water partition coefficient (Wildman–Crippen LogP) is 3.04. The van der Waals surface area contributed by atoms with Crippen LogP contribution in [0.5, 0.6) is 0 Å². The summed E-state index contributed by atoms with van der Waals surface area (Å²) < 4.78 is 5.69. The van der Waals surface area contributed by atoms with Crippen molar-refractivity contribution in [3.05, 3.63) is 35.9 Å². The molecule has 0 bridgehead atoms. The second-order valence-corrected chi connectivity index (χ2v) is 4.20. The fourth-order valence-corrected chi connectivity index (χ4v) is 2.08. The molecule has 1 aliphatic rings. The number of aryl methyl sites for hydroxylation is 1. The van der Waals surface area contributed by atoms with Gasteiger partial charge < -0.3 is 4.74 Å². The van der Waals surface area contributed by atoms with Crippen molar-refractivity contribution in [2.75, 3.05) is 6.61 Å². The van der Waals surface area contributed by atoms with Gasteiger partial charge in [0.15, 0.2) is 0 Å². The first-order valence-electron chi connectivity index (χ1n) is 5.52. The number of hydrogen-bond acceptors (Lipinski definition) is 1. The first-order chi connectivity index (χ1) is 6.86. The molecule has 0 aliphatic carbocycles. The van der Waals surface area contributed by atoms with Gasteiger partial charge in [-0.2, -0.15) is 0 Å². The normalized spacial score (nSPS) is 26.6. The molecule has 2 rings (SSSR count). The van der Waals surface area contributed by atoms with E-state index in [-0.39, 0.29) is 0 Å². The standard InChI is InChI=1S/C13H18O/c1-11-9-10-14-13(11)8-7-12-5-3-2-4-6-12/h2-6,11,13H,7-10H2,1H3/t11-,13+/m1/s1. The van der Waals surface area contributed by atoms with Crippen molar-refractivity contribution in [2.24, 2.45) is 5.92 Å². The third-order valence-corrected chi connectivity index (χ3v) is 3.10. The maximum Gasteiger partial charge on any atom is 0.0604 e. The number of hydrogen-bond donors (Lipinski definition) is 0. The van der Waals surface area contributed by atoms with Crippen LogP contribution in [0.4, 0.5) is 0 Å². The Morgan fingerprint density at radius 2 is 2.07 bits per heavy atom. The van der Waals surface area contributed by atoms with E-state index < -0.39 is 0 Å². The fraction of sp³-hybridized carbons (Fsp3) is 0.538. The van der Waals surface area contributed by atoms with Crippen LogP contribution in [0, 0.1) is 5.92 Å². The van der Waals surface area contributed by atoms with E-state index in [0.717, 1.165) is 18.9 Å². The van der Waals surface area contributed by atoms with Crippen molar-refractivity contribution in [1.29, 1.82) is 0 Å². The Bertz CT molecular complexity index is 268. The van der Waals surface area contributed by atoms with Crippen molar-refractivity contribution in [3.8, 4) is 0 Å². The van der Waals surface area contributed by atoms with Crippen LogP contribution in [0.3, 0.4) is 0 Å². The van der Waals surface area contributed by atoms with Crippen LogP contribution in [0.15, 0.2) is 30.3 Å². The van der Waals surface area contributed by atoms with E-state index in [1.807, 2.05) is 0 Å². The van der Waals surface area contributed by atoms with Gasteiger partial charge in [0.05, 0.1) is 6.10 Å². The zero-order valence-electron chi connectivity index (χ0n) is 8.78. The first-order valence-corrected chi connectivity index (χ1v) is 5.52. The van der Waals surface area contributed by atoms with Gasteiger partial charge in [0.25, 0.3) is 0 Å². The minimum atomic E-state index is 0.496. The van der Waals surface area contributed by atoms with Gasteiger partial charge in [0, 0.05) is 6.61 Å². The molecule has 1 aliphatic heterocycles. The van der Waals surface area contributed by atoms with Gasteiger partial charge in [-0.3, -0.25) is 0 Å². The van der Waals surface area contributed by atoms with E-state index in [4.69, 9.17) is 4.74 Å². The summed E-state index contributed by atoms with van der Waals surface area (Å²) in [6, 6.07) is 10.7. The Kier molecular flexibility index (Phi) is 3.20. The zero-order chi connectivity index (χ0) is 9.80. The SMILES string of the molecule is C[C@@H]1CCO[C@H]1CCc1ccccc1. The average molecular weight is 190 g/mol. The molecule has 1 aromatic rings. The molecule has 2 atom stereocenters. The van der Waals surface area contributed by atoms with Gasteiger partial charge in [-0.1, -0.05) is 37.3 Å². The lowest BCUT2D eigenvalue weighted by Gasteiger charge is -2.13. The highest BCUT2D eigenvalue weighted by atomic mass is 16.5. The number of benzene rings is 1. The fourth-order valence-electron chi connectivity index (χ4n) is 2.08. The summed E-state index contributed by atoms with van der Waals surface area (Å²) >= 11 is 0. The summed E-state index contributed by atoms with van der Waals surface area (Å²) in [7, 11) is 0. The van der Waals surface area contributed by atoms with Gasteiger partial charge in [0.1, 0.15) is 0 Å². The van der Waals surface area contributed by atoms with E-state index in [1.54, 1.807) is 0 Å². The minimum Gasteiger partial charge on any atom is -0.378 e. The molecule has 1 fully saturated rings. The third kappa shape index (κ3) is 2.36. The molecule has 76 valence electrons. The monoisotopic (exact) mass is 190 g/mol. The Balaban J connectivity index is 1.82.